The van der Waals surface area contributed by atoms with Crippen molar-refractivity contribution in [1.82, 2.24) is 0 Å². The zero-order chi connectivity index (χ0) is 22.4. The van der Waals surface area contributed by atoms with Crippen LogP contribution in [-0.4, -0.2) is 43.6 Å². The number of benzene rings is 2. The van der Waals surface area contributed by atoms with Gasteiger partial charge in [0, 0.05) is 0 Å². The maximum absolute atomic E-state index is 13.1. The summed E-state index contributed by atoms with van der Waals surface area (Å²) in [6, 6.07) is 12.4. The van der Waals surface area contributed by atoms with Crippen LogP contribution in [0.15, 0.2) is 47.4 Å². The second-order valence-electron chi connectivity index (χ2n) is 6.19. The van der Waals surface area contributed by atoms with Crippen LogP contribution in [0.1, 0.15) is 12.5 Å². The van der Waals surface area contributed by atoms with E-state index in [-0.39, 0.29) is 12.5 Å². The Morgan fingerprint density at radius 2 is 1.87 bits per heavy atom. The van der Waals surface area contributed by atoms with Crippen LogP contribution in [0.2, 0.25) is 0 Å². The number of anilines is 1. The Balaban J connectivity index is 1.87. The highest BCUT2D eigenvalue weighted by Gasteiger charge is 2.34. The summed E-state index contributed by atoms with van der Waals surface area (Å²) in [5.41, 5.74) is 1.33. The monoisotopic (exact) mass is 459 g/mol. The van der Waals surface area contributed by atoms with Gasteiger partial charge >= 0.3 is 5.97 Å². The molecule has 0 bridgehead atoms. The van der Waals surface area contributed by atoms with Crippen molar-refractivity contribution in [2.45, 2.75) is 6.92 Å². The van der Waals surface area contributed by atoms with Gasteiger partial charge in [-0.2, -0.15) is 0 Å². The van der Waals surface area contributed by atoms with Gasteiger partial charge in [0.15, 0.2) is 22.4 Å². The Bertz CT molecular complexity index is 1040. The molecule has 1 fully saturated rings. The van der Waals surface area contributed by atoms with E-state index in [0.717, 1.165) is 5.56 Å². The number of rotatable bonds is 8. The first-order valence-corrected chi connectivity index (χ1v) is 10.6. The van der Waals surface area contributed by atoms with E-state index < -0.39 is 5.97 Å². The minimum atomic E-state index is -0.494. The number of thioether (sulfide) groups is 1. The summed E-state index contributed by atoms with van der Waals surface area (Å²) in [5, 5.41) is 0. The Labute approximate surface area is 189 Å². The number of hydrogen-bond acceptors (Lipinski definition) is 8. The molecular formula is C22H21NO6S2. The summed E-state index contributed by atoms with van der Waals surface area (Å²) in [7, 11) is 2.84. The number of amides is 1. The highest BCUT2D eigenvalue weighted by molar-refractivity contribution is 8.27. The van der Waals surface area contributed by atoms with Gasteiger partial charge in [0.05, 0.1) is 31.4 Å². The van der Waals surface area contributed by atoms with Crippen LogP contribution in [-0.2, 0) is 14.3 Å². The number of para-hydroxylation sites is 2. The SMILES string of the molecule is CCOc1cc(/C=C2/SC(=S)N(c3ccccc3OC)C2=O)ccc1OCC(=O)OC. The second kappa shape index (κ2) is 10.3. The molecule has 0 aliphatic carbocycles. The van der Waals surface area contributed by atoms with Gasteiger partial charge in [-0.05, 0) is 42.8 Å². The first-order chi connectivity index (χ1) is 15.0. The predicted molar refractivity (Wildman–Crippen MR) is 124 cm³/mol. The van der Waals surface area contributed by atoms with Gasteiger partial charge in [0.1, 0.15) is 5.75 Å². The molecule has 162 valence electrons. The summed E-state index contributed by atoms with van der Waals surface area (Å²) in [4.78, 5) is 26.3. The summed E-state index contributed by atoms with van der Waals surface area (Å²) < 4.78 is 21.5. The van der Waals surface area contributed by atoms with E-state index in [9.17, 15) is 9.59 Å². The Morgan fingerprint density at radius 1 is 1.10 bits per heavy atom. The van der Waals surface area contributed by atoms with Crippen molar-refractivity contribution in [2.24, 2.45) is 0 Å². The maximum Gasteiger partial charge on any atom is 0.343 e. The third-order valence-corrected chi connectivity index (χ3v) is 5.56. The number of methoxy groups -OCH3 is 2. The number of hydrogen-bond donors (Lipinski definition) is 0. The zero-order valence-electron chi connectivity index (χ0n) is 17.2. The molecule has 0 radical (unpaired) electrons. The molecule has 2 aromatic carbocycles. The molecule has 1 aliphatic rings. The van der Waals surface area contributed by atoms with Gasteiger partial charge in [0.25, 0.3) is 5.91 Å². The van der Waals surface area contributed by atoms with Crippen molar-refractivity contribution in [3.8, 4) is 17.2 Å². The molecule has 0 N–H and O–H groups in total. The van der Waals surface area contributed by atoms with E-state index in [1.54, 1.807) is 43.5 Å². The average Bonchev–Trinajstić information content (AvgIpc) is 3.05. The lowest BCUT2D eigenvalue weighted by atomic mass is 10.1. The first kappa shape index (κ1) is 22.6. The smallest absolute Gasteiger partial charge is 0.343 e. The van der Waals surface area contributed by atoms with Crippen LogP contribution >= 0.6 is 24.0 Å². The van der Waals surface area contributed by atoms with E-state index in [4.69, 9.17) is 26.4 Å². The average molecular weight is 460 g/mol. The van der Waals surface area contributed by atoms with Crippen LogP contribution in [0.5, 0.6) is 17.2 Å². The van der Waals surface area contributed by atoms with Crippen LogP contribution < -0.4 is 19.1 Å². The summed E-state index contributed by atoms with van der Waals surface area (Å²) in [5.74, 6) is 0.701. The van der Waals surface area contributed by atoms with Gasteiger partial charge in [-0.1, -0.05) is 42.2 Å². The lowest BCUT2D eigenvalue weighted by Gasteiger charge is -2.17. The van der Waals surface area contributed by atoms with E-state index >= 15 is 0 Å². The molecule has 1 amide bonds. The first-order valence-electron chi connectivity index (χ1n) is 9.36. The fourth-order valence-electron chi connectivity index (χ4n) is 2.84. The van der Waals surface area contributed by atoms with Crippen molar-refractivity contribution >= 4 is 51.9 Å². The van der Waals surface area contributed by atoms with Crippen LogP contribution in [0.25, 0.3) is 6.08 Å². The Morgan fingerprint density at radius 3 is 2.58 bits per heavy atom. The second-order valence-corrected chi connectivity index (χ2v) is 7.87. The molecule has 1 heterocycles. The fraction of sp³-hybridized carbons (Fsp3) is 0.227. The summed E-state index contributed by atoms with van der Waals surface area (Å²) >= 11 is 6.65. The molecule has 0 atom stereocenters. The molecule has 7 nitrogen and oxygen atoms in total. The minimum absolute atomic E-state index is 0.229. The Hall–Kier alpha value is -3.04. The highest BCUT2D eigenvalue weighted by atomic mass is 32.2. The van der Waals surface area contributed by atoms with Gasteiger partial charge in [-0.25, -0.2) is 4.79 Å². The van der Waals surface area contributed by atoms with Crippen molar-refractivity contribution < 1.29 is 28.5 Å². The van der Waals surface area contributed by atoms with Crippen LogP contribution in [0, 0.1) is 0 Å². The van der Waals surface area contributed by atoms with E-state index in [1.165, 1.54) is 23.8 Å². The number of esters is 1. The molecule has 9 heteroatoms. The number of ether oxygens (including phenoxy) is 4. The standard InChI is InChI=1S/C22H21NO6S2/c1-4-28-18-11-14(9-10-17(18)29-13-20(24)27-3)12-19-21(25)23(22(30)31-19)15-7-5-6-8-16(15)26-2/h5-12H,4,13H2,1-3H3/b19-12+. The molecule has 0 saturated carbocycles. The molecule has 1 saturated heterocycles. The molecule has 2 aromatic rings. The lowest BCUT2D eigenvalue weighted by molar-refractivity contribution is -0.142. The fourth-order valence-corrected chi connectivity index (χ4v) is 4.12. The van der Waals surface area contributed by atoms with E-state index in [1.807, 2.05) is 19.1 Å². The van der Waals surface area contributed by atoms with Crippen molar-refractivity contribution in [3.05, 3.63) is 52.9 Å². The van der Waals surface area contributed by atoms with Gasteiger partial charge in [0.2, 0.25) is 0 Å². The molecule has 31 heavy (non-hydrogen) atoms. The molecule has 0 unspecified atom stereocenters. The normalized spacial score (nSPS) is 14.7. The summed E-state index contributed by atoms with van der Waals surface area (Å²) in [6.45, 7) is 2.02. The third kappa shape index (κ3) is 5.18. The maximum atomic E-state index is 13.1. The molecule has 3 rings (SSSR count). The van der Waals surface area contributed by atoms with Crippen LogP contribution in [0.3, 0.4) is 0 Å². The quantitative estimate of drug-likeness (QED) is 0.333. The van der Waals surface area contributed by atoms with Gasteiger partial charge < -0.3 is 18.9 Å². The number of carbonyl (C=O) groups excluding carboxylic acids is 2. The van der Waals surface area contributed by atoms with Gasteiger partial charge in [-0.15, -0.1) is 0 Å². The summed E-state index contributed by atoms with van der Waals surface area (Å²) in [6.07, 6.45) is 1.74. The molecule has 1 aliphatic heterocycles. The van der Waals surface area contributed by atoms with Crippen molar-refractivity contribution in [2.75, 3.05) is 32.3 Å². The highest BCUT2D eigenvalue weighted by Crippen LogP contribution is 2.40. The zero-order valence-corrected chi connectivity index (χ0v) is 18.9. The predicted octanol–water partition coefficient (Wildman–Crippen LogP) is 4.05. The topological polar surface area (TPSA) is 74.3 Å². The minimum Gasteiger partial charge on any atom is -0.495 e. The number of nitrogens with zero attached hydrogens (tertiary/aromatic N) is 1. The van der Waals surface area contributed by atoms with Gasteiger partial charge in [-0.3, -0.25) is 9.69 Å². The molecule has 0 aromatic heterocycles. The third-order valence-electron chi connectivity index (χ3n) is 4.26. The van der Waals surface area contributed by atoms with E-state index in [2.05, 4.69) is 4.74 Å². The number of carbonyl (C=O) groups is 2. The molecular weight excluding hydrogens is 438 g/mol. The van der Waals surface area contributed by atoms with Crippen LogP contribution in [0.4, 0.5) is 5.69 Å². The number of thiocarbonyl (C=S) groups is 1. The van der Waals surface area contributed by atoms with Crippen molar-refractivity contribution in [1.29, 1.82) is 0 Å². The largest absolute Gasteiger partial charge is 0.495 e. The Kier molecular flexibility index (Phi) is 7.54. The molecule has 0 spiro atoms. The van der Waals surface area contributed by atoms with E-state index in [0.29, 0.717) is 38.8 Å². The lowest BCUT2D eigenvalue weighted by Crippen LogP contribution is -2.27. The van der Waals surface area contributed by atoms with Crippen molar-refractivity contribution in [3.63, 3.8) is 0 Å².